The zero-order valence-corrected chi connectivity index (χ0v) is 14.2. The first-order chi connectivity index (χ1) is 12.8. The van der Waals surface area contributed by atoms with Crippen molar-refractivity contribution in [2.24, 2.45) is 0 Å². The lowest BCUT2D eigenvalue weighted by atomic mass is 9.99. The Kier molecular flexibility index (Phi) is 5.64. The van der Waals surface area contributed by atoms with Crippen molar-refractivity contribution in [2.75, 3.05) is 0 Å². The van der Waals surface area contributed by atoms with Crippen LogP contribution in [-0.4, -0.2) is 6.09 Å². The van der Waals surface area contributed by atoms with E-state index in [1.165, 1.54) is 0 Å². The molecule has 3 rings (SSSR count). The highest BCUT2D eigenvalue weighted by Crippen LogP contribution is 2.23. The van der Waals surface area contributed by atoms with Gasteiger partial charge in [0.1, 0.15) is 6.61 Å². The maximum absolute atomic E-state index is 11.8. The van der Waals surface area contributed by atoms with Crippen molar-refractivity contribution in [1.29, 1.82) is 5.26 Å². The first kappa shape index (κ1) is 17.2. The summed E-state index contributed by atoms with van der Waals surface area (Å²) in [6, 6.07) is 27.0. The van der Waals surface area contributed by atoms with Crippen LogP contribution in [0.1, 0.15) is 16.7 Å². The van der Waals surface area contributed by atoms with Crippen LogP contribution < -0.4 is 5.32 Å². The SMILES string of the molecule is N#Cc1ccccc1-c1ccc(CNC(=O)OCc2ccccc2)cc1. The van der Waals surface area contributed by atoms with Crippen molar-refractivity contribution < 1.29 is 9.53 Å². The first-order valence-corrected chi connectivity index (χ1v) is 8.29. The van der Waals surface area contributed by atoms with Crippen LogP contribution in [-0.2, 0) is 17.9 Å². The summed E-state index contributed by atoms with van der Waals surface area (Å²) in [4.78, 5) is 11.8. The van der Waals surface area contributed by atoms with Gasteiger partial charge in [-0.15, -0.1) is 0 Å². The third-order valence-electron chi connectivity index (χ3n) is 3.96. The van der Waals surface area contributed by atoms with Gasteiger partial charge >= 0.3 is 6.09 Å². The molecule has 4 nitrogen and oxygen atoms in total. The average Bonchev–Trinajstić information content (AvgIpc) is 2.72. The second-order valence-corrected chi connectivity index (χ2v) is 5.77. The molecule has 0 aliphatic rings. The van der Waals surface area contributed by atoms with Gasteiger partial charge in [-0.1, -0.05) is 72.8 Å². The van der Waals surface area contributed by atoms with Crippen molar-refractivity contribution in [2.45, 2.75) is 13.2 Å². The van der Waals surface area contributed by atoms with Gasteiger partial charge in [0.2, 0.25) is 0 Å². The van der Waals surface area contributed by atoms with E-state index in [-0.39, 0.29) is 6.61 Å². The lowest BCUT2D eigenvalue weighted by Crippen LogP contribution is -2.23. The summed E-state index contributed by atoms with van der Waals surface area (Å²) in [5, 5.41) is 11.9. The highest BCUT2D eigenvalue weighted by Gasteiger charge is 2.05. The molecule has 0 saturated carbocycles. The summed E-state index contributed by atoms with van der Waals surface area (Å²) in [7, 11) is 0. The van der Waals surface area contributed by atoms with Crippen LogP contribution in [0.4, 0.5) is 4.79 Å². The molecule has 0 aromatic heterocycles. The minimum Gasteiger partial charge on any atom is -0.445 e. The first-order valence-electron chi connectivity index (χ1n) is 8.29. The summed E-state index contributed by atoms with van der Waals surface area (Å²) in [5.74, 6) is 0. The van der Waals surface area contributed by atoms with Crippen LogP contribution >= 0.6 is 0 Å². The van der Waals surface area contributed by atoms with E-state index in [1.54, 1.807) is 6.07 Å². The van der Waals surface area contributed by atoms with Gasteiger partial charge in [0, 0.05) is 6.54 Å². The number of amides is 1. The number of hydrogen-bond donors (Lipinski definition) is 1. The van der Waals surface area contributed by atoms with E-state index in [1.807, 2.05) is 72.8 Å². The van der Waals surface area contributed by atoms with Crippen LogP contribution in [0.2, 0.25) is 0 Å². The van der Waals surface area contributed by atoms with E-state index < -0.39 is 6.09 Å². The number of ether oxygens (including phenoxy) is 1. The van der Waals surface area contributed by atoms with Crippen LogP contribution in [0.3, 0.4) is 0 Å². The highest BCUT2D eigenvalue weighted by atomic mass is 16.5. The Labute approximate surface area is 152 Å². The fraction of sp³-hybridized carbons (Fsp3) is 0.0909. The van der Waals surface area contributed by atoms with Gasteiger partial charge in [-0.05, 0) is 28.3 Å². The molecule has 0 radical (unpaired) electrons. The smallest absolute Gasteiger partial charge is 0.407 e. The van der Waals surface area contributed by atoms with Gasteiger partial charge in [-0.2, -0.15) is 5.26 Å². The maximum Gasteiger partial charge on any atom is 0.407 e. The standard InChI is InChI=1S/C22H18N2O2/c23-14-20-8-4-5-9-21(20)19-12-10-17(11-13-19)15-24-22(25)26-16-18-6-2-1-3-7-18/h1-13H,15-16H2,(H,24,25). The molecule has 0 spiro atoms. The molecule has 0 fully saturated rings. The molecule has 26 heavy (non-hydrogen) atoms. The summed E-state index contributed by atoms with van der Waals surface area (Å²) in [6.45, 7) is 0.629. The lowest BCUT2D eigenvalue weighted by Gasteiger charge is -2.08. The Hall–Kier alpha value is -3.58. The molecule has 3 aromatic rings. The molecule has 3 aromatic carbocycles. The van der Waals surface area contributed by atoms with Crippen LogP contribution in [0.5, 0.6) is 0 Å². The monoisotopic (exact) mass is 342 g/mol. The Bertz CT molecular complexity index is 913. The number of carbonyl (C=O) groups is 1. The van der Waals surface area contributed by atoms with Crippen molar-refractivity contribution in [1.82, 2.24) is 5.32 Å². The van der Waals surface area contributed by atoms with Crippen molar-refractivity contribution in [3.05, 3.63) is 95.6 Å². The van der Waals surface area contributed by atoms with E-state index in [0.29, 0.717) is 12.1 Å². The van der Waals surface area contributed by atoms with Gasteiger partial charge in [0.05, 0.1) is 11.6 Å². The predicted molar refractivity (Wildman–Crippen MR) is 100 cm³/mol. The van der Waals surface area contributed by atoms with Crippen LogP contribution in [0.25, 0.3) is 11.1 Å². The molecular weight excluding hydrogens is 324 g/mol. The molecule has 1 amide bonds. The van der Waals surface area contributed by atoms with E-state index in [4.69, 9.17) is 4.74 Å². The second kappa shape index (κ2) is 8.50. The van der Waals surface area contributed by atoms with Crippen molar-refractivity contribution in [3.8, 4) is 17.2 Å². The van der Waals surface area contributed by atoms with Crippen LogP contribution in [0.15, 0.2) is 78.9 Å². The molecule has 0 atom stereocenters. The Balaban J connectivity index is 1.54. The average molecular weight is 342 g/mol. The molecule has 0 bridgehead atoms. The Morgan fingerprint density at radius 1 is 0.885 bits per heavy atom. The quantitative estimate of drug-likeness (QED) is 0.734. The summed E-state index contributed by atoms with van der Waals surface area (Å²) < 4.78 is 5.19. The molecule has 0 aliphatic carbocycles. The maximum atomic E-state index is 11.8. The molecule has 0 saturated heterocycles. The Morgan fingerprint density at radius 2 is 1.58 bits per heavy atom. The second-order valence-electron chi connectivity index (χ2n) is 5.77. The van der Waals surface area contributed by atoms with Gasteiger partial charge < -0.3 is 10.1 Å². The number of alkyl carbamates (subject to hydrolysis) is 1. The zero-order chi connectivity index (χ0) is 18.2. The number of nitrogens with one attached hydrogen (secondary N) is 1. The number of rotatable bonds is 5. The lowest BCUT2D eigenvalue weighted by molar-refractivity contribution is 0.139. The molecule has 1 N–H and O–H groups in total. The minimum absolute atomic E-state index is 0.247. The molecule has 4 heteroatoms. The topological polar surface area (TPSA) is 62.1 Å². The number of nitriles is 1. The third-order valence-corrected chi connectivity index (χ3v) is 3.96. The van der Waals surface area contributed by atoms with E-state index in [9.17, 15) is 10.1 Å². The fourth-order valence-corrected chi connectivity index (χ4v) is 2.58. The fourth-order valence-electron chi connectivity index (χ4n) is 2.58. The molecule has 0 unspecified atom stereocenters. The largest absolute Gasteiger partial charge is 0.445 e. The normalized spacial score (nSPS) is 9.96. The number of hydrogen-bond acceptors (Lipinski definition) is 3. The molecule has 0 aliphatic heterocycles. The van der Waals surface area contributed by atoms with Crippen molar-refractivity contribution in [3.63, 3.8) is 0 Å². The molecule has 0 heterocycles. The third kappa shape index (κ3) is 4.49. The predicted octanol–water partition coefficient (Wildman–Crippen LogP) is 4.65. The van der Waals surface area contributed by atoms with E-state index in [0.717, 1.165) is 22.3 Å². The molecular formula is C22H18N2O2. The van der Waals surface area contributed by atoms with E-state index in [2.05, 4.69) is 11.4 Å². The minimum atomic E-state index is -0.451. The summed E-state index contributed by atoms with van der Waals surface area (Å²) in [5.41, 5.74) is 4.42. The number of benzene rings is 3. The van der Waals surface area contributed by atoms with Gasteiger partial charge in [0.15, 0.2) is 0 Å². The zero-order valence-electron chi connectivity index (χ0n) is 14.2. The van der Waals surface area contributed by atoms with Crippen molar-refractivity contribution >= 4 is 6.09 Å². The van der Waals surface area contributed by atoms with Crippen LogP contribution in [0, 0.1) is 11.3 Å². The van der Waals surface area contributed by atoms with Gasteiger partial charge in [-0.3, -0.25) is 0 Å². The Morgan fingerprint density at radius 3 is 2.31 bits per heavy atom. The highest BCUT2D eigenvalue weighted by molar-refractivity contribution is 5.71. The number of nitrogens with zero attached hydrogens (tertiary/aromatic N) is 1. The van der Waals surface area contributed by atoms with Gasteiger partial charge in [-0.25, -0.2) is 4.79 Å². The summed E-state index contributed by atoms with van der Waals surface area (Å²) >= 11 is 0. The van der Waals surface area contributed by atoms with E-state index >= 15 is 0 Å². The van der Waals surface area contributed by atoms with Gasteiger partial charge in [0.25, 0.3) is 0 Å². The number of carbonyl (C=O) groups excluding carboxylic acids is 1. The molecule has 128 valence electrons. The summed E-state index contributed by atoms with van der Waals surface area (Å²) in [6.07, 6.45) is -0.451.